The van der Waals surface area contributed by atoms with Gasteiger partial charge in [0.25, 0.3) is 0 Å². The quantitative estimate of drug-likeness (QED) is 0.501. The van der Waals surface area contributed by atoms with Gasteiger partial charge >= 0.3 is 0 Å². The molecule has 8 heteroatoms. The van der Waals surface area contributed by atoms with Crippen LogP contribution in [0.25, 0.3) is 22.3 Å². The van der Waals surface area contributed by atoms with Crippen LogP contribution in [0.2, 0.25) is 0 Å². The van der Waals surface area contributed by atoms with Crippen LogP contribution in [-0.2, 0) is 16.1 Å². The summed E-state index contributed by atoms with van der Waals surface area (Å²) in [4.78, 5) is 17.0. The number of hydrogen-bond acceptors (Lipinski definition) is 6. The van der Waals surface area contributed by atoms with Gasteiger partial charge in [-0.05, 0) is 44.0 Å². The predicted octanol–water partition coefficient (Wildman–Crippen LogP) is 3.28. The van der Waals surface area contributed by atoms with Crippen LogP contribution in [0.15, 0.2) is 24.3 Å². The summed E-state index contributed by atoms with van der Waals surface area (Å²) in [6, 6.07) is 7.69. The molecule has 0 aliphatic rings. The summed E-state index contributed by atoms with van der Waals surface area (Å²) in [6.45, 7) is 5.66. The highest BCUT2D eigenvalue weighted by Crippen LogP contribution is 2.37. The molecule has 0 spiro atoms. The summed E-state index contributed by atoms with van der Waals surface area (Å²) in [5, 5.41) is 8.71. The fraction of sp³-hybridized carbons (Fsp3) is 0.435. The minimum Gasteiger partial charge on any atom is -0.497 e. The first-order valence-electron chi connectivity index (χ1n) is 10.3. The molecule has 0 atom stereocenters. The van der Waals surface area contributed by atoms with Crippen LogP contribution in [0.4, 0.5) is 0 Å². The normalized spacial score (nSPS) is 11.0. The van der Waals surface area contributed by atoms with Crippen molar-refractivity contribution in [1.29, 1.82) is 0 Å². The molecule has 0 fully saturated rings. The van der Waals surface area contributed by atoms with Gasteiger partial charge in [-0.15, -0.1) is 0 Å². The van der Waals surface area contributed by atoms with Crippen LogP contribution in [0.1, 0.15) is 24.1 Å². The summed E-state index contributed by atoms with van der Waals surface area (Å²) < 4.78 is 17.7. The van der Waals surface area contributed by atoms with Crippen LogP contribution >= 0.6 is 0 Å². The molecule has 0 saturated heterocycles. The van der Waals surface area contributed by atoms with Crippen molar-refractivity contribution >= 4 is 16.9 Å². The second kappa shape index (κ2) is 10.3. The van der Waals surface area contributed by atoms with E-state index in [0.717, 1.165) is 40.0 Å². The van der Waals surface area contributed by atoms with Crippen molar-refractivity contribution in [3.05, 3.63) is 35.5 Å². The van der Waals surface area contributed by atoms with Crippen molar-refractivity contribution in [2.75, 3.05) is 34.5 Å². The second-order valence-electron chi connectivity index (χ2n) is 7.36. The van der Waals surface area contributed by atoms with Gasteiger partial charge in [-0.25, -0.2) is 9.67 Å². The van der Waals surface area contributed by atoms with E-state index >= 15 is 0 Å². The third-order valence-electron chi connectivity index (χ3n) is 5.09. The Morgan fingerprint density at radius 3 is 2.65 bits per heavy atom. The second-order valence-corrected chi connectivity index (χ2v) is 7.36. The molecule has 0 bridgehead atoms. The zero-order chi connectivity index (χ0) is 22.4. The molecule has 31 heavy (non-hydrogen) atoms. The number of aromatic nitrogens is 3. The van der Waals surface area contributed by atoms with Crippen LogP contribution in [-0.4, -0.2) is 55.2 Å². The SMILES string of the molecule is COCCCNC(=O)CCn1nc(-c2ccc(OC)cc2OC)c2c(C)cc(C)nc21. The minimum absolute atomic E-state index is 0.0206. The Hall–Kier alpha value is -3.13. The number of carbonyl (C=O) groups excluding carboxylic acids is 1. The number of hydrogen-bond donors (Lipinski definition) is 1. The maximum absolute atomic E-state index is 12.2. The largest absolute Gasteiger partial charge is 0.497 e. The summed E-state index contributed by atoms with van der Waals surface area (Å²) in [7, 11) is 4.90. The Morgan fingerprint density at radius 1 is 1.13 bits per heavy atom. The molecule has 0 aliphatic heterocycles. The lowest BCUT2D eigenvalue weighted by Crippen LogP contribution is -2.26. The minimum atomic E-state index is -0.0206. The van der Waals surface area contributed by atoms with Gasteiger partial charge in [0.05, 0.1) is 26.2 Å². The number of nitrogens with one attached hydrogen (secondary N) is 1. The zero-order valence-corrected chi connectivity index (χ0v) is 18.8. The zero-order valence-electron chi connectivity index (χ0n) is 18.8. The number of carbonyl (C=O) groups is 1. The van der Waals surface area contributed by atoms with Crippen molar-refractivity contribution in [2.24, 2.45) is 0 Å². The summed E-state index contributed by atoms with van der Waals surface area (Å²) in [5.41, 5.74) is 4.37. The van der Waals surface area contributed by atoms with Crippen LogP contribution in [0.3, 0.4) is 0 Å². The van der Waals surface area contributed by atoms with Gasteiger partial charge in [0, 0.05) is 44.0 Å². The van der Waals surface area contributed by atoms with Crippen LogP contribution < -0.4 is 14.8 Å². The Kier molecular flexibility index (Phi) is 7.46. The third kappa shape index (κ3) is 5.14. The lowest BCUT2D eigenvalue weighted by Gasteiger charge is -2.09. The molecule has 3 aromatic rings. The van der Waals surface area contributed by atoms with Crippen LogP contribution in [0, 0.1) is 13.8 Å². The number of fused-ring (bicyclic) bond motifs is 1. The van der Waals surface area contributed by atoms with E-state index in [2.05, 4.69) is 5.32 Å². The number of pyridine rings is 1. The maximum atomic E-state index is 12.2. The lowest BCUT2D eigenvalue weighted by molar-refractivity contribution is -0.121. The number of benzene rings is 1. The Balaban J connectivity index is 1.95. The first-order chi connectivity index (χ1) is 15.0. The van der Waals surface area contributed by atoms with Gasteiger partial charge in [-0.1, -0.05) is 0 Å². The van der Waals surface area contributed by atoms with E-state index in [-0.39, 0.29) is 5.91 Å². The van der Waals surface area contributed by atoms with E-state index < -0.39 is 0 Å². The van der Waals surface area contributed by atoms with E-state index in [1.54, 1.807) is 21.3 Å². The molecule has 0 aliphatic carbocycles. The van der Waals surface area contributed by atoms with Crippen molar-refractivity contribution in [2.45, 2.75) is 33.2 Å². The van der Waals surface area contributed by atoms with E-state index in [1.807, 2.05) is 42.8 Å². The monoisotopic (exact) mass is 426 g/mol. The molecular weight excluding hydrogens is 396 g/mol. The van der Waals surface area contributed by atoms with Crippen molar-refractivity contribution in [3.63, 3.8) is 0 Å². The molecule has 1 amide bonds. The summed E-state index contributed by atoms with van der Waals surface area (Å²) in [5.74, 6) is 1.36. The van der Waals surface area contributed by atoms with Gasteiger partial charge in [-0.2, -0.15) is 5.10 Å². The Labute approximate surface area is 182 Å². The molecule has 0 radical (unpaired) electrons. The number of ether oxygens (including phenoxy) is 3. The summed E-state index contributed by atoms with van der Waals surface area (Å²) in [6.07, 6.45) is 1.10. The maximum Gasteiger partial charge on any atom is 0.221 e. The number of aryl methyl sites for hydroxylation is 3. The first kappa shape index (κ1) is 22.6. The highest BCUT2D eigenvalue weighted by molar-refractivity contribution is 5.95. The Bertz CT molecular complexity index is 1060. The molecule has 2 heterocycles. The predicted molar refractivity (Wildman–Crippen MR) is 120 cm³/mol. The van der Waals surface area contributed by atoms with Gasteiger partial charge in [0.15, 0.2) is 5.65 Å². The topological polar surface area (TPSA) is 87.5 Å². The average Bonchev–Trinajstić information content (AvgIpc) is 3.13. The van der Waals surface area contributed by atoms with Crippen LogP contribution in [0.5, 0.6) is 11.5 Å². The number of amides is 1. The third-order valence-corrected chi connectivity index (χ3v) is 5.09. The summed E-state index contributed by atoms with van der Waals surface area (Å²) >= 11 is 0. The number of rotatable bonds is 10. The average molecular weight is 427 g/mol. The first-order valence-corrected chi connectivity index (χ1v) is 10.3. The van der Waals surface area contributed by atoms with E-state index in [4.69, 9.17) is 24.3 Å². The fourth-order valence-corrected chi connectivity index (χ4v) is 3.59. The smallest absolute Gasteiger partial charge is 0.221 e. The molecule has 1 aromatic carbocycles. The van der Waals surface area contributed by atoms with E-state index in [1.165, 1.54) is 0 Å². The fourth-order valence-electron chi connectivity index (χ4n) is 3.59. The Morgan fingerprint density at radius 2 is 1.94 bits per heavy atom. The molecule has 3 rings (SSSR count). The molecular formula is C23H30N4O4. The van der Waals surface area contributed by atoms with Gasteiger partial charge in [0.1, 0.15) is 17.2 Å². The molecule has 0 unspecified atom stereocenters. The molecule has 166 valence electrons. The van der Waals surface area contributed by atoms with Crippen molar-refractivity contribution < 1.29 is 19.0 Å². The molecule has 1 N–H and O–H groups in total. The van der Waals surface area contributed by atoms with E-state index in [9.17, 15) is 4.79 Å². The number of nitrogens with zero attached hydrogens (tertiary/aromatic N) is 3. The standard InChI is InChI=1S/C23H30N4O4/c1-15-13-16(2)25-23-21(15)22(18-8-7-17(30-4)14-19(18)31-5)26-27(23)11-9-20(28)24-10-6-12-29-3/h7-8,13-14H,6,9-12H2,1-5H3,(H,24,28). The molecule has 0 saturated carbocycles. The highest BCUT2D eigenvalue weighted by atomic mass is 16.5. The van der Waals surface area contributed by atoms with E-state index in [0.29, 0.717) is 37.6 Å². The van der Waals surface area contributed by atoms with Gasteiger partial charge in [-0.3, -0.25) is 4.79 Å². The number of methoxy groups -OCH3 is 3. The highest BCUT2D eigenvalue weighted by Gasteiger charge is 2.20. The van der Waals surface area contributed by atoms with Crippen molar-refractivity contribution in [3.8, 4) is 22.8 Å². The van der Waals surface area contributed by atoms with Gasteiger partial charge < -0.3 is 19.5 Å². The van der Waals surface area contributed by atoms with Gasteiger partial charge in [0.2, 0.25) is 5.91 Å². The molecule has 8 nitrogen and oxygen atoms in total. The molecule has 2 aromatic heterocycles. The van der Waals surface area contributed by atoms with Crippen molar-refractivity contribution in [1.82, 2.24) is 20.1 Å². The lowest BCUT2D eigenvalue weighted by atomic mass is 10.0.